The first-order valence-electron chi connectivity index (χ1n) is 11.9. The topological polar surface area (TPSA) is 115 Å². The average molecular weight is 509 g/mol. The van der Waals surface area contributed by atoms with Gasteiger partial charge in [0.1, 0.15) is 35.3 Å². The Hall–Kier alpha value is -3.28. The van der Waals surface area contributed by atoms with Gasteiger partial charge in [0.25, 0.3) is 0 Å². The summed E-state index contributed by atoms with van der Waals surface area (Å²) in [6, 6.07) is 9.45. The highest BCUT2D eigenvalue weighted by atomic mass is 32.2. The van der Waals surface area contributed by atoms with Crippen molar-refractivity contribution in [3.8, 4) is 16.9 Å². The summed E-state index contributed by atoms with van der Waals surface area (Å²) in [5.74, 6) is 2.08. The highest BCUT2D eigenvalue weighted by Crippen LogP contribution is 2.47. The molecule has 2 aliphatic heterocycles. The monoisotopic (exact) mass is 508 g/mol. The number of nitrogens with zero attached hydrogens (tertiary/aromatic N) is 5. The standard InChI is InChI=1S/C25H28N6O4S/c1-15-21(16(2)35-29-15)17-8-9-19-22-23(17)34-13-20(18-7-5-6-11-27-18)31(22)24(28-19)25(10-12-26-14-25)30(3)36(4,32)33/h5-9,11,20,26H,10,12-14H2,1-4H3/t20-,25-/m1/s1. The first kappa shape index (κ1) is 23.1. The van der Waals surface area contributed by atoms with Crippen LogP contribution in [0.25, 0.3) is 22.2 Å². The number of imidazole rings is 1. The van der Waals surface area contributed by atoms with Crippen LogP contribution in [0.4, 0.5) is 0 Å². The number of rotatable bonds is 5. The van der Waals surface area contributed by atoms with E-state index >= 15 is 0 Å². The number of aryl methyl sites for hydroxylation is 2. The van der Waals surface area contributed by atoms with Crippen LogP contribution in [0, 0.1) is 13.8 Å². The van der Waals surface area contributed by atoms with Crippen molar-refractivity contribution in [3.63, 3.8) is 0 Å². The van der Waals surface area contributed by atoms with Gasteiger partial charge in [0.2, 0.25) is 10.0 Å². The fourth-order valence-electron chi connectivity index (χ4n) is 5.62. The molecule has 0 amide bonds. The van der Waals surface area contributed by atoms with Crippen molar-refractivity contribution in [1.29, 1.82) is 0 Å². The second-order valence-corrected chi connectivity index (χ2v) is 11.6. The van der Waals surface area contributed by atoms with Gasteiger partial charge < -0.3 is 19.1 Å². The lowest BCUT2D eigenvalue weighted by atomic mass is 9.96. The van der Waals surface area contributed by atoms with Gasteiger partial charge in [-0.05, 0) is 51.1 Å². The van der Waals surface area contributed by atoms with Crippen LogP contribution in [0.5, 0.6) is 5.75 Å². The Balaban J connectivity index is 1.69. The molecule has 11 heteroatoms. The van der Waals surface area contributed by atoms with Crippen molar-refractivity contribution in [2.45, 2.75) is 31.8 Å². The first-order chi connectivity index (χ1) is 17.2. The highest BCUT2D eigenvalue weighted by Gasteiger charge is 2.49. The molecule has 3 aromatic heterocycles. The van der Waals surface area contributed by atoms with Gasteiger partial charge in [-0.15, -0.1) is 0 Å². The zero-order chi connectivity index (χ0) is 25.2. The van der Waals surface area contributed by atoms with E-state index in [1.54, 1.807) is 13.2 Å². The van der Waals surface area contributed by atoms with Crippen LogP contribution in [0.2, 0.25) is 0 Å². The average Bonchev–Trinajstić information content (AvgIpc) is 3.58. The summed E-state index contributed by atoms with van der Waals surface area (Å²) in [4.78, 5) is 9.71. The number of hydrogen-bond acceptors (Lipinski definition) is 8. The predicted octanol–water partition coefficient (Wildman–Crippen LogP) is 2.76. The molecule has 5 heterocycles. The smallest absolute Gasteiger partial charge is 0.211 e. The summed E-state index contributed by atoms with van der Waals surface area (Å²) in [5.41, 5.74) is 4.08. The Morgan fingerprint density at radius 1 is 1.22 bits per heavy atom. The molecule has 0 saturated carbocycles. The van der Waals surface area contributed by atoms with Gasteiger partial charge in [-0.3, -0.25) is 4.98 Å². The van der Waals surface area contributed by atoms with E-state index in [0.717, 1.165) is 33.5 Å². The van der Waals surface area contributed by atoms with E-state index in [-0.39, 0.29) is 6.04 Å². The Morgan fingerprint density at radius 2 is 2.06 bits per heavy atom. The van der Waals surface area contributed by atoms with Crippen molar-refractivity contribution < 1.29 is 17.7 Å². The minimum absolute atomic E-state index is 0.274. The Bertz CT molecular complexity index is 1550. The number of sulfonamides is 1. The molecule has 0 unspecified atom stereocenters. The van der Waals surface area contributed by atoms with Crippen molar-refractivity contribution in [2.24, 2.45) is 0 Å². The van der Waals surface area contributed by atoms with Crippen LogP contribution < -0.4 is 10.1 Å². The summed E-state index contributed by atoms with van der Waals surface area (Å²) < 4.78 is 41.2. The highest BCUT2D eigenvalue weighted by molar-refractivity contribution is 7.88. The third-order valence-electron chi connectivity index (χ3n) is 7.48. The molecule has 0 spiro atoms. The van der Waals surface area contributed by atoms with Gasteiger partial charge in [0.15, 0.2) is 5.75 Å². The van der Waals surface area contributed by atoms with E-state index in [4.69, 9.17) is 14.2 Å². The Kier molecular flexibility index (Phi) is 5.22. The maximum absolute atomic E-state index is 12.8. The lowest BCUT2D eigenvalue weighted by Crippen LogP contribution is -2.50. The van der Waals surface area contributed by atoms with Crippen LogP contribution in [-0.2, 0) is 15.6 Å². The third kappa shape index (κ3) is 3.30. The molecular weight excluding hydrogens is 480 g/mol. The Labute approximate surface area is 209 Å². The first-order valence-corrected chi connectivity index (χ1v) is 13.7. The molecule has 0 aliphatic carbocycles. The van der Waals surface area contributed by atoms with Crippen LogP contribution in [0.1, 0.15) is 35.4 Å². The number of likely N-dealkylation sites (N-methyl/N-ethyl adjacent to an activating group) is 1. The third-order valence-corrected chi connectivity index (χ3v) is 8.83. The summed E-state index contributed by atoms with van der Waals surface area (Å²) in [5, 5.41) is 7.51. The lowest BCUT2D eigenvalue weighted by Gasteiger charge is -2.38. The molecule has 1 aromatic carbocycles. The molecule has 10 nitrogen and oxygen atoms in total. The number of benzene rings is 1. The molecule has 1 N–H and O–H groups in total. The molecule has 2 aliphatic rings. The maximum atomic E-state index is 12.8. The number of hydrogen-bond donors (Lipinski definition) is 1. The molecule has 6 rings (SSSR count). The fourth-order valence-corrected chi connectivity index (χ4v) is 6.50. The van der Waals surface area contributed by atoms with Gasteiger partial charge in [-0.25, -0.2) is 13.4 Å². The lowest BCUT2D eigenvalue weighted by molar-refractivity contribution is 0.202. The second-order valence-electron chi connectivity index (χ2n) is 9.58. The van der Waals surface area contributed by atoms with Crippen molar-refractivity contribution in [3.05, 3.63) is 59.5 Å². The Morgan fingerprint density at radius 3 is 2.69 bits per heavy atom. The molecule has 4 aromatic rings. The minimum Gasteiger partial charge on any atom is -0.488 e. The number of nitrogens with one attached hydrogen (secondary N) is 1. The van der Waals surface area contributed by atoms with Crippen molar-refractivity contribution in [1.82, 2.24) is 29.3 Å². The summed E-state index contributed by atoms with van der Waals surface area (Å²) in [6.45, 7) is 5.27. The van der Waals surface area contributed by atoms with E-state index in [1.807, 2.05) is 44.2 Å². The quantitative estimate of drug-likeness (QED) is 0.438. The largest absolute Gasteiger partial charge is 0.488 e. The number of ether oxygens (including phenoxy) is 1. The van der Waals surface area contributed by atoms with Gasteiger partial charge in [0, 0.05) is 25.4 Å². The van der Waals surface area contributed by atoms with E-state index in [1.165, 1.54) is 10.6 Å². The van der Waals surface area contributed by atoms with E-state index in [0.29, 0.717) is 43.5 Å². The molecule has 188 valence electrons. The SMILES string of the molecule is Cc1noc(C)c1-c1ccc2nc([C@@]3(N(C)S(C)(=O)=O)CCNC3)n3c2c1OC[C@@H]3c1ccccn1. The predicted molar refractivity (Wildman–Crippen MR) is 134 cm³/mol. The fraction of sp³-hybridized carbons (Fsp3) is 0.400. The van der Waals surface area contributed by atoms with Crippen molar-refractivity contribution >= 4 is 21.1 Å². The van der Waals surface area contributed by atoms with Crippen LogP contribution >= 0.6 is 0 Å². The molecular formula is C25H28N6O4S. The van der Waals surface area contributed by atoms with E-state index < -0.39 is 15.6 Å². The number of pyridine rings is 1. The summed E-state index contributed by atoms with van der Waals surface area (Å²) in [7, 11) is -1.87. The van der Waals surface area contributed by atoms with Gasteiger partial charge in [-0.1, -0.05) is 11.2 Å². The van der Waals surface area contributed by atoms with Crippen LogP contribution in [0.15, 0.2) is 41.1 Å². The minimum atomic E-state index is -3.51. The maximum Gasteiger partial charge on any atom is 0.211 e. The van der Waals surface area contributed by atoms with E-state index in [2.05, 4.69) is 20.0 Å². The molecule has 0 radical (unpaired) electrons. The van der Waals surface area contributed by atoms with Gasteiger partial charge in [0.05, 0.1) is 28.7 Å². The molecule has 2 atom stereocenters. The van der Waals surface area contributed by atoms with Gasteiger partial charge >= 0.3 is 0 Å². The van der Waals surface area contributed by atoms with E-state index in [9.17, 15) is 8.42 Å². The molecule has 36 heavy (non-hydrogen) atoms. The molecule has 0 bridgehead atoms. The summed E-state index contributed by atoms with van der Waals surface area (Å²) in [6.07, 6.45) is 3.60. The molecule has 1 fully saturated rings. The normalized spacial score (nSPS) is 21.9. The zero-order valence-electron chi connectivity index (χ0n) is 20.6. The second kappa shape index (κ2) is 8.12. The molecule has 1 saturated heterocycles. The zero-order valence-corrected chi connectivity index (χ0v) is 21.5. The number of aromatic nitrogens is 4. The van der Waals surface area contributed by atoms with Crippen molar-refractivity contribution in [2.75, 3.05) is 33.0 Å². The van der Waals surface area contributed by atoms with Gasteiger partial charge in [-0.2, -0.15) is 4.31 Å². The summed E-state index contributed by atoms with van der Waals surface area (Å²) >= 11 is 0. The van der Waals surface area contributed by atoms with Crippen LogP contribution in [0.3, 0.4) is 0 Å². The van der Waals surface area contributed by atoms with Crippen LogP contribution in [-0.4, -0.2) is 65.4 Å².